The van der Waals surface area contributed by atoms with Gasteiger partial charge in [0.2, 0.25) is 0 Å². The number of carbonyl (C=O) groups excluding carboxylic acids is 1. The van der Waals surface area contributed by atoms with E-state index in [1.54, 1.807) is 32.0 Å². The lowest BCUT2D eigenvalue weighted by molar-refractivity contribution is -0.141. The Labute approximate surface area is 107 Å². The highest BCUT2D eigenvalue weighted by Crippen LogP contribution is 2.06. The minimum Gasteiger partial charge on any atom is -0.465 e. The second kappa shape index (κ2) is 8.66. The summed E-state index contributed by atoms with van der Waals surface area (Å²) in [7, 11) is 3.44. The highest BCUT2D eigenvalue weighted by atomic mass is 16.5. The molecule has 0 amide bonds. The van der Waals surface area contributed by atoms with Crippen molar-refractivity contribution in [2.75, 3.05) is 27.2 Å². The third kappa shape index (κ3) is 5.57. The van der Waals surface area contributed by atoms with Gasteiger partial charge >= 0.3 is 5.97 Å². The second-order valence-electron chi connectivity index (χ2n) is 3.40. The molecule has 6 heteroatoms. The summed E-state index contributed by atoms with van der Waals surface area (Å²) >= 11 is 0. The van der Waals surface area contributed by atoms with Crippen LogP contribution in [0.5, 0.6) is 0 Å². The van der Waals surface area contributed by atoms with Crippen LogP contribution in [0.1, 0.15) is 6.92 Å². The third-order valence-corrected chi connectivity index (χ3v) is 1.87. The van der Waals surface area contributed by atoms with Crippen LogP contribution < -0.4 is 5.32 Å². The van der Waals surface area contributed by atoms with Gasteiger partial charge in [-0.05, 0) is 19.2 Å². The fraction of sp³-hybridized carbons (Fsp3) is 0.417. The van der Waals surface area contributed by atoms with Crippen molar-refractivity contribution < 1.29 is 9.53 Å². The normalized spacial score (nSPS) is 9.17. The average molecular weight is 248 g/mol. The first kappa shape index (κ1) is 15.5. The quantitative estimate of drug-likeness (QED) is 0.418. The molecule has 0 fully saturated rings. The van der Waals surface area contributed by atoms with E-state index in [0.717, 1.165) is 0 Å². The minimum absolute atomic E-state index is 0.00850. The molecule has 1 N–H and O–H groups in total. The Bertz CT molecular complexity index is 408. The molecule has 0 aromatic carbocycles. The summed E-state index contributed by atoms with van der Waals surface area (Å²) in [4.78, 5) is 12.7. The van der Waals surface area contributed by atoms with Gasteiger partial charge in [-0.15, -0.1) is 0 Å². The van der Waals surface area contributed by atoms with E-state index >= 15 is 0 Å². The van der Waals surface area contributed by atoms with E-state index in [2.05, 4.69) is 5.32 Å². The molecule has 0 aliphatic rings. The van der Waals surface area contributed by atoms with Gasteiger partial charge < -0.3 is 15.0 Å². The number of esters is 1. The predicted molar refractivity (Wildman–Crippen MR) is 65.7 cm³/mol. The van der Waals surface area contributed by atoms with Gasteiger partial charge in [0, 0.05) is 14.1 Å². The van der Waals surface area contributed by atoms with Gasteiger partial charge in [0.25, 0.3) is 0 Å². The number of nitrogens with one attached hydrogen (secondary N) is 1. The third-order valence-electron chi connectivity index (χ3n) is 1.87. The first-order valence-electron chi connectivity index (χ1n) is 5.34. The van der Waals surface area contributed by atoms with Crippen LogP contribution in [0, 0.1) is 22.7 Å². The van der Waals surface area contributed by atoms with Crippen LogP contribution in [-0.2, 0) is 9.53 Å². The molecule has 96 valence electrons. The first-order valence-corrected chi connectivity index (χ1v) is 5.34. The Hall–Kier alpha value is -2.47. The van der Waals surface area contributed by atoms with Crippen molar-refractivity contribution in [3.63, 3.8) is 0 Å². The minimum atomic E-state index is -0.363. The molecule has 18 heavy (non-hydrogen) atoms. The van der Waals surface area contributed by atoms with Crippen LogP contribution in [-0.4, -0.2) is 38.1 Å². The molecule has 0 spiro atoms. The Morgan fingerprint density at radius 1 is 1.39 bits per heavy atom. The van der Waals surface area contributed by atoms with Gasteiger partial charge in [-0.1, -0.05) is 0 Å². The van der Waals surface area contributed by atoms with Crippen molar-refractivity contribution >= 4 is 5.97 Å². The summed E-state index contributed by atoms with van der Waals surface area (Å²) in [6, 6.07) is 3.62. The molecule has 6 nitrogen and oxygen atoms in total. The van der Waals surface area contributed by atoms with Crippen molar-refractivity contribution in [3.8, 4) is 12.1 Å². The molecule has 0 unspecified atom stereocenters. The summed E-state index contributed by atoms with van der Waals surface area (Å²) in [5, 5.41) is 20.3. The molecular weight excluding hydrogens is 232 g/mol. The summed E-state index contributed by atoms with van der Waals surface area (Å²) in [5.74, 6) is -0.363. The number of allylic oxidation sites excluding steroid dienone is 2. The Balaban J connectivity index is 4.56. The Morgan fingerprint density at radius 2 is 2.00 bits per heavy atom. The van der Waals surface area contributed by atoms with Crippen LogP contribution in [0.15, 0.2) is 23.5 Å². The zero-order valence-electron chi connectivity index (χ0n) is 10.7. The maximum absolute atomic E-state index is 11.0. The van der Waals surface area contributed by atoms with Gasteiger partial charge in [0.15, 0.2) is 5.57 Å². The van der Waals surface area contributed by atoms with Crippen molar-refractivity contribution in [2.24, 2.45) is 0 Å². The number of rotatable bonds is 6. The van der Waals surface area contributed by atoms with Gasteiger partial charge in [-0.2, -0.15) is 10.5 Å². The zero-order chi connectivity index (χ0) is 14.0. The molecule has 0 rings (SSSR count). The summed E-state index contributed by atoms with van der Waals surface area (Å²) in [5.41, 5.74) is 0.477. The van der Waals surface area contributed by atoms with Gasteiger partial charge in [-0.25, -0.2) is 0 Å². The topological polar surface area (TPSA) is 89.1 Å². The van der Waals surface area contributed by atoms with Crippen LogP contribution in [0.3, 0.4) is 0 Å². The van der Waals surface area contributed by atoms with Crippen molar-refractivity contribution in [2.45, 2.75) is 6.92 Å². The summed E-state index contributed by atoms with van der Waals surface area (Å²) in [6.07, 6.45) is 3.06. The monoisotopic (exact) mass is 248 g/mol. The molecule has 0 heterocycles. The van der Waals surface area contributed by atoms with Crippen LogP contribution >= 0.6 is 0 Å². The van der Waals surface area contributed by atoms with Crippen LogP contribution in [0.25, 0.3) is 0 Å². The lowest BCUT2D eigenvalue weighted by Crippen LogP contribution is -2.20. The Kier molecular flexibility index (Phi) is 7.47. The highest BCUT2D eigenvalue weighted by molar-refractivity contribution is 5.71. The lowest BCUT2D eigenvalue weighted by Gasteiger charge is -2.13. The standard InChI is InChI=1S/C12H16N4O2/c1-4-18-12(17)9-15-6-5-11(16(2)3)10(7-13)8-14/h5-6,15H,4,9H2,1-3H3. The number of hydrogen-bond donors (Lipinski definition) is 1. The summed E-state index contributed by atoms with van der Waals surface area (Å²) < 4.78 is 4.72. The molecule has 0 aliphatic carbocycles. The predicted octanol–water partition coefficient (Wildman–Crippen LogP) is 0.516. The first-order chi connectivity index (χ1) is 8.56. The number of nitrogens with zero attached hydrogens (tertiary/aromatic N) is 3. The van der Waals surface area contributed by atoms with E-state index in [1.807, 2.05) is 12.1 Å². The lowest BCUT2D eigenvalue weighted by atomic mass is 10.2. The SMILES string of the molecule is CCOC(=O)CNC=CC(=C(C#N)C#N)N(C)C. The van der Waals surface area contributed by atoms with Crippen molar-refractivity contribution in [3.05, 3.63) is 23.5 Å². The summed E-state index contributed by atoms with van der Waals surface area (Å²) in [6.45, 7) is 2.10. The number of likely N-dealkylation sites (N-methyl/N-ethyl adjacent to an activating group) is 1. The van der Waals surface area contributed by atoms with Crippen molar-refractivity contribution in [1.82, 2.24) is 10.2 Å². The highest BCUT2D eigenvalue weighted by Gasteiger charge is 2.04. The zero-order valence-corrected chi connectivity index (χ0v) is 10.7. The van der Waals surface area contributed by atoms with E-state index in [0.29, 0.717) is 12.3 Å². The van der Waals surface area contributed by atoms with Crippen LogP contribution in [0.4, 0.5) is 0 Å². The second-order valence-corrected chi connectivity index (χ2v) is 3.40. The van der Waals surface area contributed by atoms with E-state index in [1.165, 1.54) is 6.20 Å². The fourth-order valence-electron chi connectivity index (χ4n) is 1.09. The van der Waals surface area contributed by atoms with E-state index in [-0.39, 0.29) is 18.1 Å². The molecule has 0 aromatic rings. The van der Waals surface area contributed by atoms with E-state index in [4.69, 9.17) is 15.3 Å². The molecule has 0 atom stereocenters. The van der Waals surface area contributed by atoms with E-state index < -0.39 is 0 Å². The van der Waals surface area contributed by atoms with Crippen molar-refractivity contribution in [1.29, 1.82) is 10.5 Å². The number of nitriles is 2. The van der Waals surface area contributed by atoms with E-state index in [9.17, 15) is 4.79 Å². The maximum atomic E-state index is 11.0. The molecule has 0 bridgehead atoms. The molecule has 0 radical (unpaired) electrons. The maximum Gasteiger partial charge on any atom is 0.325 e. The Morgan fingerprint density at radius 3 is 2.44 bits per heavy atom. The number of hydrogen-bond acceptors (Lipinski definition) is 6. The number of carbonyl (C=O) groups is 1. The average Bonchev–Trinajstić information content (AvgIpc) is 2.33. The molecule has 0 aromatic heterocycles. The van der Waals surface area contributed by atoms with Gasteiger partial charge in [0.1, 0.15) is 18.7 Å². The van der Waals surface area contributed by atoms with Gasteiger partial charge in [0.05, 0.1) is 12.3 Å². The largest absolute Gasteiger partial charge is 0.465 e. The molecule has 0 saturated heterocycles. The molecule has 0 aliphatic heterocycles. The molecule has 0 saturated carbocycles. The van der Waals surface area contributed by atoms with Crippen LogP contribution in [0.2, 0.25) is 0 Å². The molecular formula is C12H16N4O2. The fourth-order valence-corrected chi connectivity index (χ4v) is 1.09. The van der Waals surface area contributed by atoms with Gasteiger partial charge in [-0.3, -0.25) is 4.79 Å². The number of ether oxygens (including phenoxy) is 1. The smallest absolute Gasteiger partial charge is 0.325 e.